The SMILES string of the molecule is Clc1oc(Cl)c(SSc2c(Cl)oc(Cl)c2Cl)c1Cl. The molecule has 0 aliphatic carbocycles. The van der Waals surface area contributed by atoms with Gasteiger partial charge in [-0.05, 0) is 68.0 Å². The number of furan rings is 2. The van der Waals surface area contributed by atoms with Crippen LogP contribution in [-0.4, -0.2) is 0 Å². The summed E-state index contributed by atoms with van der Waals surface area (Å²) in [5.74, 6) is 0. The van der Waals surface area contributed by atoms with E-state index in [0.29, 0.717) is 9.79 Å². The number of hydrogen-bond acceptors (Lipinski definition) is 4. The lowest BCUT2D eigenvalue weighted by Gasteiger charge is -1.97. The van der Waals surface area contributed by atoms with Gasteiger partial charge < -0.3 is 8.83 Å². The molecule has 0 aliphatic rings. The summed E-state index contributed by atoms with van der Waals surface area (Å²) in [6.07, 6.45) is 0. The Morgan fingerprint density at radius 1 is 0.556 bits per heavy atom. The van der Waals surface area contributed by atoms with E-state index < -0.39 is 0 Å². The van der Waals surface area contributed by atoms with Crippen molar-refractivity contribution in [2.45, 2.75) is 9.79 Å². The van der Waals surface area contributed by atoms with Crippen molar-refractivity contribution in [2.24, 2.45) is 0 Å². The highest BCUT2D eigenvalue weighted by molar-refractivity contribution is 8.76. The molecule has 0 spiro atoms. The minimum absolute atomic E-state index is 0.0205. The molecule has 2 rings (SSSR count). The average Bonchev–Trinajstić information content (AvgIpc) is 2.67. The molecule has 0 aromatic carbocycles. The topological polar surface area (TPSA) is 26.3 Å². The highest BCUT2D eigenvalue weighted by Gasteiger charge is 2.21. The Morgan fingerprint density at radius 3 is 1.11 bits per heavy atom. The molecule has 2 nitrogen and oxygen atoms in total. The third-order valence-corrected chi connectivity index (χ3v) is 6.54. The first-order chi connectivity index (χ1) is 8.41. The van der Waals surface area contributed by atoms with Crippen LogP contribution in [0.25, 0.3) is 0 Å². The molecule has 0 N–H and O–H groups in total. The van der Waals surface area contributed by atoms with Gasteiger partial charge in [0.05, 0.1) is 9.79 Å². The van der Waals surface area contributed by atoms with Crippen molar-refractivity contribution in [2.75, 3.05) is 0 Å². The molecule has 10 heteroatoms. The summed E-state index contributed by atoms with van der Waals surface area (Å²) in [7, 11) is 2.35. The Bertz CT molecular complexity index is 541. The van der Waals surface area contributed by atoms with Crippen molar-refractivity contribution in [1.82, 2.24) is 0 Å². The van der Waals surface area contributed by atoms with Crippen LogP contribution in [0, 0.1) is 0 Å². The van der Waals surface area contributed by atoms with Crippen LogP contribution in [0.1, 0.15) is 0 Å². The molecule has 0 saturated heterocycles. The lowest BCUT2D eigenvalue weighted by atomic mass is 10.6. The molecule has 0 bridgehead atoms. The summed E-state index contributed by atoms with van der Waals surface area (Å²) in [6.45, 7) is 0. The van der Waals surface area contributed by atoms with E-state index in [1.807, 2.05) is 0 Å². The van der Waals surface area contributed by atoms with Gasteiger partial charge in [0.15, 0.2) is 0 Å². The van der Waals surface area contributed by atoms with Gasteiger partial charge in [0, 0.05) is 0 Å². The van der Waals surface area contributed by atoms with E-state index in [4.69, 9.17) is 78.4 Å². The normalized spacial score (nSPS) is 11.2. The quantitative estimate of drug-likeness (QED) is 0.492. The van der Waals surface area contributed by atoms with Crippen LogP contribution in [-0.2, 0) is 0 Å². The van der Waals surface area contributed by atoms with Crippen LogP contribution in [0.2, 0.25) is 30.9 Å². The fourth-order valence-corrected chi connectivity index (χ4v) is 5.31. The highest BCUT2D eigenvalue weighted by Crippen LogP contribution is 2.52. The van der Waals surface area contributed by atoms with E-state index in [1.54, 1.807) is 0 Å². The molecule has 0 aliphatic heterocycles. The zero-order valence-electron chi connectivity index (χ0n) is 7.90. The fraction of sp³-hybridized carbons (Fsp3) is 0. The maximum absolute atomic E-state index is 5.91. The standard InChI is InChI=1S/C8Cl6O2S2/c9-1-3(7(13)15-5(1)11)17-18-4-2(10)6(12)16-8(4)14. The van der Waals surface area contributed by atoms with Crippen LogP contribution >= 0.6 is 91.2 Å². The Kier molecular flexibility index (Phi) is 5.29. The second-order valence-corrected chi connectivity index (χ2v) is 7.03. The molecule has 0 amide bonds. The van der Waals surface area contributed by atoms with Gasteiger partial charge in [0.2, 0.25) is 20.9 Å². The third kappa shape index (κ3) is 3.01. The van der Waals surface area contributed by atoms with Crippen LogP contribution in [0.3, 0.4) is 0 Å². The number of hydrogen-bond donors (Lipinski definition) is 0. The number of rotatable bonds is 3. The summed E-state index contributed by atoms with van der Waals surface area (Å²) in [6, 6.07) is 0. The lowest BCUT2D eigenvalue weighted by molar-refractivity contribution is 0.566. The van der Waals surface area contributed by atoms with Crippen molar-refractivity contribution in [3.8, 4) is 0 Å². The number of halogens is 6. The van der Waals surface area contributed by atoms with E-state index in [-0.39, 0.29) is 30.9 Å². The minimum atomic E-state index is 0.0205. The van der Waals surface area contributed by atoms with Gasteiger partial charge in [-0.3, -0.25) is 0 Å². The van der Waals surface area contributed by atoms with Crippen molar-refractivity contribution in [3.63, 3.8) is 0 Å². The lowest BCUT2D eigenvalue weighted by Crippen LogP contribution is -1.67. The summed E-state index contributed by atoms with van der Waals surface area (Å²) in [4.78, 5) is 0.940. The van der Waals surface area contributed by atoms with Gasteiger partial charge in [-0.15, -0.1) is 0 Å². The second kappa shape index (κ2) is 6.19. The van der Waals surface area contributed by atoms with E-state index in [0.717, 1.165) is 0 Å². The molecule has 18 heavy (non-hydrogen) atoms. The molecule has 2 aromatic heterocycles. The zero-order valence-corrected chi connectivity index (χ0v) is 14.1. The average molecular weight is 405 g/mol. The first-order valence-electron chi connectivity index (χ1n) is 4.03. The molecule has 0 atom stereocenters. The molecule has 2 aromatic rings. The van der Waals surface area contributed by atoms with Gasteiger partial charge in [-0.2, -0.15) is 0 Å². The molecule has 0 fully saturated rings. The molecule has 0 radical (unpaired) electrons. The van der Waals surface area contributed by atoms with Crippen LogP contribution in [0.4, 0.5) is 0 Å². The predicted octanol–water partition coefficient (Wildman–Crippen LogP) is 7.59. The molecule has 0 saturated carbocycles. The van der Waals surface area contributed by atoms with Crippen molar-refractivity contribution in [1.29, 1.82) is 0 Å². The monoisotopic (exact) mass is 402 g/mol. The van der Waals surface area contributed by atoms with Crippen molar-refractivity contribution < 1.29 is 8.83 Å². The van der Waals surface area contributed by atoms with Crippen molar-refractivity contribution in [3.05, 3.63) is 30.9 Å². The van der Waals surface area contributed by atoms with Gasteiger partial charge in [0.25, 0.3) is 0 Å². The molecule has 2 heterocycles. The minimum Gasteiger partial charge on any atom is -0.430 e. The maximum Gasteiger partial charge on any atom is 0.215 e. The van der Waals surface area contributed by atoms with Gasteiger partial charge >= 0.3 is 0 Å². The summed E-state index contributed by atoms with van der Waals surface area (Å²) in [5.41, 5.74) is 0. The predicted molar refractivity (Wildman–Crippen MR) is 79.2 cm³/mol. The largest absolute Gasteiger partial charge is 0.430 e. The molecule has 98 valence electrons. The van der Waals surface area contributed by atoms with Gasteiger partial charge in [0.1, 0.15) is 10.0 Å². The smallest absolute Gasteiger partial charge is 0.215 e. The van der Waals surface area contributed by atoms with E-state index >= 15 is 0 Å². The van der Waals surface area contributed by atoms with Crippen LogP contribution in [0.5, 0.6) is 0 Å². The van der Waals surface area contributed by atoms with Crippen LogP contribution < -0.4 is 0 Å². The molecular weight excluding hydrogens is 405 g/mol. The summed E-state index contributed by atoms with van der Waals surface area (Å²) in [5, 5.41) is 0.662. The third-order valence-electron chi connectivity index (χ3n) is 1.67. The molecule has 0 unspecified atom stereocenters. The molecular formula is C8Cl6O2S2. The Labute approximate surface area is 140 Å². The van der Waals surface area contributed by atoms with Gasteiger partial charge in [-0.1, -0.05) is 23.2 Å². The Hall–Kier alpha value is 1.000. The fourth-order valence-electron chi connectivity index (χ4n) is 0.913. The van der Waals surface area contributed by atoms with Gasteiger partial charge in [-0.25, -0.2) is 0 Å². The maximum atomic E-state index is 5.91. The van der Waals surface area contributed by atoms with Crippen LogP contribution in [0.15, 0.2) is 18.6 Å². The zero-order chi connectivity index (χ0) is 13.4. The first kappa shape index (κ1) is 15.4. The second-order valence-electron chi connectivity index (χ2n) is 2.75. The Balaban J connectivity index is 2.21. The highest BCUT2D eigenvalue weighted by atomic mass is 35.5. The first-order valence-corrected chi connectivity index (χ1v) is 8.44. The van der Waals surface area contributed by atoms with E-state index in [2.05, 4.69) is 0 Å². The Morgan fingerprint density at radius 2 is 0.889 bits per heavy atom. The van der Waals surface area contributed by atoms with Crippen molar-refractivity contribution >= 4 is 91.2 Å². The summed E-state index contributed by atoms with van der Waals surface area (Å²) < 4.78 is 9.90. The summed E-state index contributed by atoms with van der Waals surface area (Å²) >= 11 is 34.8. The van der Waals surface area contributed by atoms with E-state index in [1.165, 1.54) is 21.6 Å². The van der Waals surface area contributed by atoms with E-state index in [9.17, 15) is 0 Å².